The van der Waals surface area contributed by atoms with Gasteiger partial charge in [-0.25, -0.2) is 0 Å². The number of benzene rings is 1. The number of carbonyl (C=O) groups is 1. The summed E-state index contributed by atoms with van der Waals surface area (Å²) >= 11 is 0. The predicted molar refractivity (Wildman–Crippen MR) is 72.1 cm³/mol. The van der Waals surface area contributed by atoms with Crippen molar-refractivity contribution < 1.29 is 14.8 Å². The van der Waals surface area contributed by atoms with E-state index >= 15 is 0 Å². The Balaban J connectivity index is 2.36. The van der Waals surface area contributed by atoms with E-state index in [4.69, 9.17) is 5.84 Å². The first kappa shape index (κ1) is 14.2. The molecule has 0 bridgehead atoms. The van der Waals surface area contributed by atoms with Gasteiger partial charge in [0.25, 0.3) is 5.91 Å². The van der Waals surface area contributed by atoms with Crippen molar-refractivity contribution in [3.05, 3.63) is 33.9 Å². The molecule has 0 spiro atoms. The number of para-hydroxylation sites is 1. The molecule has 1 fully saturated rings. The molecular formula is C12H16N4O4. The summed E-state index contributed by atoms with van der Waals surface area (Å²) in [6.45, 7) is 0.670. The number of carbonyl (C=O) groups excluding carboxylic acids is 1. The quantitative estimate of drug-likeness (QED) is 0.420. The SMILES string of the molecule is NNc1cccc(C(=O)N2CCCC(O)C2)c1[N+](=O)[O-]. The van der Waals surface area contributed by atoms with Gasteiger partial charge in [-0.2, -0.15) is 0 Å². The van der Waals surface area contributed by atoms with Crippen molar-refractivity contribution in [2.45, 2.75) is 18.9 Å². The summed E-state index contributed by atoms with van der Waals surface area (Å²) in [5, 5.41) is 20.7. The largest absolute Gasteiger partial charge is 0.391 e. The van der Waals surface area contributed by atoms with Crippen LogP contribution >= 0.6 is 0 Å². The molecule has 108 valence electrons. The van der Waals surface area contributed by atoms with Gasteiger partial charge in [-0.1, -0.05) is 6.07 Å². The number of nitrogen functional groups attached to an aromatic ring is 1. The average Bonchev–Trinajstić information content (AvgIpc) is 2.45. The summed E-state index contributed by atoms with van der Waals surface area (Å²) in [7, 11) is 0. The summed E-state index contributed by atoms with van der Waals surface area (Å²) in [6, 6.07) is 4.35. The number of nitrogens with zero attached hydrogens (tertiary/aromatic N) is 2. The van der Waals surface area contributed by atoms with Crippen LogP contribution < -0.4 is 11.3 Å². The van der Waals surface area contributed by atoms with Crippen molar-refractivity contribution in [3.8, 4) is 0 Å². The maximum atomic E-state index is 12.4. The fraction of sp³-hybridized carbons (Fsp3) is 0.417. The van der Waals surface area contributed by atoms with Gasteiger partial charge in [0.05, 0.1) is 11.0 Å². The molecular weight excluding hydrogens is 264 g/mol. The van der Waals surface area contributed by atoms with Gasteiger partial charge in [0.2, 0.25) is 0 Å². The molecule has 0 radical (unpaired) electrons. The van der Waals surface area contributed by atoms with E-state index in [0.717, 1.165) is 0 Å². The molecule has 1 aromatic carbocycles. The Morgan fingerprint density at radius 2 is 2.30 bits per heavy atom. The zero-order valence-corrected chi connectivity index (χ0v) is 10.8. The highest BCUT2D eigenvalue weighted by Crippen LogP contribution is 2.29. The number of hydrogen-bond donors (Lipinski definition) is 3. The standard InChI is InChI=1S/C12H16N4O4/c13-14-10-5-1-4-9(11(10)16(19)20)12(18)15-6-2-3-8(17)7-15/h1,4-5,8,14,17H,2-3,6-7,13H2. The van der Waals surface area contributed by atoms with Crippen LogP contribution in [0.4, 0.5) is 11.4 Å². The third-order valence-corrected chi connectivity index (χ3v) is 3.29. The van der Waals surface area contributed by atoms with Gasteiger partial charge in [0.15, 0.2) is 0 Å². The van der Waals surface area contributed by atoms with Gasteiger partial charge >= 0.3 is 5.69 Å². The Labute approximate surface area is 115 Å². The maximum Gasteiger partial charge on any atom is 0.306 e. The van der Waals surface area contributed by atoms with Crippen molar-refractivity contribution in [1.29, 1.82) is 0 Å². The fourth-order valence-electron chi connectivity index (χ4n) is 2.34. The fourth-order valence-corrected chi connectivity index (χ4v) is 2.34. The van der Waals surface area contributed by atoms with Crippen molar-refractivity contribution in [3.63, 3.8) is 0 Å². The third-order valence-electron chi connectivity index (χ3n) is 3.29. The molecule has 20 heavy (non-hydrogen) atoms. The van der Waals surface area contributed by atoms with Gasteiger partial charge in [0.1, 0.15) is 11.3 Å². The molecule has 8 nitrogen and oxygen atoms in total. The van der Waals surface area contributed by atoms with Crippen LogP contribution in [0, 0.1) is 10.1 Å². The van der Waals surface area contributed by atoms with Crippen molar-refractivity contribution in [2.24, 2.45) is 5.84 Å². The Bertz CT molecular complexity index is 534. The highest BCUT2D eigenvalue weighted by Gasteiger charge is 2.30. The molecule has 1 heterocycles. The number of nitrogens with two attached hydrogens (primary N) is 1. The molecule has 1 aliphatic rings. The second-order valence-corrected chi connectivity index (χ2v) is 4.65. The Hall–Kier alpha value is -2.19. The zero-order chi connectivity index (χ0) is 14.7. The van der Waals surface area contributed by atoms with Gasteiger partial charge in [0, 0.05) is 13.1 Å². The van der Waals surface area contributed by atoms with Gasteiger partial charge in [-0.05, 0) is 25.0 Å². The minimum atomic E-state index is -0.636. The zero-order valence-electron chi connectivity index (χ0n) is 10.8. The molecule has 0 saturated carbocycles. The lowest BCUT2D eigenvalue weighted by Crippen LogP contribution is -2.42. The second kappa shape index (κ2) is 5.85. The molecule has 1 atom stereocenters. The molecule has 1 saturated heterocycles. The lowest BCUT2D eigenvalue weighted by Gasteiger charge is -2.30. The highest BCUT2D eigenvalue weighted by molar-refractivity contribution is 6.00. The van der Waals surface area contributed by atoms with E-state index in [1.807, 2.05) is 0 Å². The number of β-amino-alcohol motifs (C(OH)–C–C–N with tert-alkyl or cyclic N) is 1. The summed E-state index contributed by atoms with van der Waals surface area (Å²) in [6.07, 6.45) is 0.730. The molecule has 8 heteroatoms. The van der Waals surface area contributed by atoms with Crippen LogP contribution in [0.5, 0.6) is 0 Å². The number of aliphatic hydroxyl groups excluding tert-OH is 1. The van der Waals surface area contributed by atoms with E-state index < -0.39 is 16.9 Å². The predicted octanol–water partition coefficient (Wildman–Crippen LogP) is 0.477. The van der Waals surface area contributed by atoms with Gasteiger partial charge in [-0.15, -0.1) is 0 Å². The van der Waals surface area contributed by atoms with Crippen LogP contribution in [-0.4, -0.2) is 40.0 Å². The lowest BCUT2D eigenvalue weighted by atomic mass is 10.1. The number of piperidine rings is 1. The smallest absolute Gasteiger partial charge is 0.306 e. The first-order chi connectivity index (χ1) is 9.54. The molecule has 0 aromatic heterocycles. The normalized spacial score (nSPS) is 18.7. The minimum absolute atomic E-state index is 0.0282. The van der Waals surface area contributed by atoms with Crippen molar-refractivity contribution >= 4 is 17.3 Å². The molecule has 1 aliphatic heterocycles. The molecule has 1 aromatic rings. The van der Waals surface area contributed by atoms with Crippen LogP contribution in [0.2, 0.25) is 0 Å². The van der Waals surface area contributed by atoms with E-state index in [-0.39, 0.29) is 23.5 Å². The monoisotopic (exact) mass is 280 g/mol. The molecule has 0 aliphatic carbocycles. The first-order valence-corrected chi connectivity index (χ1v) is 6.26. The van der Waals surface area contributed by atoms with Crippen LogP contribution in [0.1, 0.15) is 23.2 Å². The number of nitrogens with one attached hydrogen (secondary N) is 1. The number of aliphatic hydroxyl groups is 1. The second-order valence-electron chi connectivity index (χ2n) is 4.65. The molecule has 1 unspecified atom stereocenters. The first-order valence-electron chi connectivity index (χ1n) is 6.26. The number of hydrogen-bond acceptors (Lipinski definition) is 6. The van der Waals surface area contributed by atoms with Crippen LogP contribution in [0.3, 0.4) is 0 Å². The minimum Gasteiger partial charge on any atom is -0.391 e. The van der Waals surface area contributed by atoms with E-state index in [2.05, 4.69) is 5.43 Å². The summed E-state index contributed by atoms with van der Waals surface area (Å²) in [5.74, 6) is 4.77. The number of likely N-dealkylation sites (tertiary alicyclic amines) is 1. The van der Waals surface area contributed by atoms with E-state index in [9.17, 15) is 20.0 Å². The number of nitro groups is 1. The van der Waals surface area contributed by atoms with Crippen LogP contribution in [0.15, 0.2) is 18.2 Å². The number of rotatable bonds is 3. The van der Waals surface area contributed by atoms with Gasteiger partial charge < -0.3 is 15.4 Å². The average molecular weight is 280 g/mol. The third kappa shape index (κ3) is 2.70. The summed E-state index contributed by atoms with van der Waals surface area (Å²) < 4.78 is 0. The van der Waals surface area contributed by atoms with E-state index in [0.29, 0.717) is 19.4 Å². The number of amides is 1. The van der Waals surface area contributed by atoms with E-state index in [1.54, 1.807) is 0 Å². The van der Waals surface area contributed by atoms with E-state index in [1.165, 1.54) is 23.1 Å². The summed E-state index contributed by atoms with van der Waals surface area (Å²) in [5.41, 5.74) is 1.93. The number of anilines is 1. The molecule has 4 N–H and O–H groups in total. The highest BCUT2D eigenvalue weighted by atomic mass is 16.6. The Morgan fingerprint density at radius 3 is 2.90 bits per heavy atom. The van der Waals surface area contributed by atoms with Crippen molar-refractivity contribution in [1.82, 2.24) is 4.90 Å². The number of hydrazine groups is 1. The lowest BCUT2D eigenvalue weighted by molar-refractivity contribution is -0.384. The Kier molecular flexibility index (Phi) is 4.16. The summed E-state index contributed by atoms with van der Waals surface area (Å²) in [4.78, 5) is 24.3. The van der Waals surface area contributed by atoms with Crippen LogP contribution in [-0.2, 0) is 0 Å². The van der Waals surface area contributed by atoms with Crippen molar-refractivity contribution in [2.75, 3.05) is 18.5 Å². The molecule has 2 rings (SSSR count). The van der Waals surface area contributed by atoms with Crippen LogP contribution in [0.25, 0.3) is 0 Å². The number of nitro benzene ring substituents is 1. The maximum absolute atomic E-state index is 12.4. The topological polar surface area (TPSA) is 122 Å². The van der Waals surface area contributed by atoms with Gasteiger partial charge in [-0.3, -0.25) is 20.8 Å². The Morgan fingerprint density at radius 1 is 1.55 bits per heavy atom. The molecule has 1 amide bonds.